The first-order valence-corrected chi connectivity index (χ1v) is 9.85. The maximum atomic E-state index is 12.5. The molecule has 0 aromatic heterocycles. The van der Waals surface area contributed by atoms with Gasteiger partial charge >= 0.3 is 5.97 Å². The number of hydrogen-bond donors (Lipinski definition) is 2. The SMILES string of the molecule is COc1cc(C(C)NC(=O)[C@@H]2CC[C@H](C(=O)O)C2)ccc1OCc1ccccc1. The van der Waals surface area contributed by atoms with E-state index in [0.29, 0.717) is 37.4 Å². The molecule has 0 spiro atoms. The molecular formula is C23H27NO5. The Morgan fingerprint density at radius 1 is 1.10 bits per heavy atom. The van der Waals surface area contributed by atoms with Gasteiger partial charge in [-0.1, -0.05) is 36.4 Å². The number of rotatable bonds is 8. The molecule has 6 nitrogen and oxygen atoms in total. The van der Waals surface area contributed by atoms with Crippen molar-refractivity contribution in [3.05, 3.63) is 59.7 Å². The Labute approximate surface area is 170 Å². The molecular weight excluding hydrogens is 370 g/mol. The molecule has 2 N–H and O–H groups in total. The maximum Gasteiger partial charge on any atom is 0.306 e. The molecule has 154 valence electrons. The zero-order valence-corrected chi connectivity index (χ0v) is 16.8. The molecule has 29 heavy (non-hydrogen) atoms. The first kappa shape index (κ1) is 20.7. The molecule has 3 atom stereocenters. The van der Waals surface area contributed by atoms with Crippen molar-refractivity contribution in [2.45, 2.75) is 38.8 Å². The number of amides is 1. The summed E-state index contributed by atoms with van der Waals surface area (Å²) in [5, 5.41) is 12.1. The smallest absolute Gasteiger partial charge is 0.306 e. The fraction of sp³-hybridized carbons (Fsp3) is 0.391. The molecule has 2 aromatic rings. The Kier molecular flexibility index (Phi) is 6.75. The van der Waals surface area contributed by atoms with E-state index in [1.165, 1.54) is 0 Å². The van der Waals surface area contributed by atoms with Crippen LogP contribution in [0.4, 0.5) is 0 Å². The number of carboxylic acids is 1. The number of carboxylic acid groups (broad SMARTS) is 1. The zero-order valence-electron chi connectivity index (χ0n) is 16.8. The van der Waals surface area contributed by atoms with Gasteiger partial charge in [0.2, 0.25) is 5.91 Å². The van der Waals surface area contributed by atoms with Crippen molar-refractivity contribution >= 4 is 11.9 Å². The van der Waals surface area contributed by atoms with Crippen LogP contribution in [0.1, 0.15) is 43.4 Å². The lowest BCUT2D eigenvalue weighted by Gasteiger charge is -2.19. The Morgan fingerprint density at radius 2 is 1.83 bits per heavy atom. The summed E-state index contributed by atoms with van der Waals surface area (Å²) < 4.78 is 11.3. The fourth-order valence-electron chi connectivity index (χ4n) is 3.67. The number of ether oxygens (including phenoxy) is 2. The topological polar surface area (TPSA) is 84.9 Å². The predicted octanol–water partition coefficient (Wildman–Crippen LogP) is 3.95. The van der Waals surface area contributed by atoms with Crippen molar-refractivity contribution < 1.29 is 24.2 Å². The van der Waals surface area contributed by atoms with E-state index < -0.39 is 11.9 Å². The lowest BCUT2D eigenvalue weighted by molar-refractivity contribution is -0.141. The normalized spacial score (nSPS) is 19.4. The van der Waals surface area contributed by atoms with Gasteiger partial charge in [0, 0.05) is 5.92 Å². The van der Waals surface area contributed by atoms with Crippen molar-refractivity contribution in [2.75, 3.05) is 7.11 Å². The highest BCUT2D eigenvalue weighted by molar-refractivity contribution is 5.81. The Balaban J connectivity index is 1.61. The number of nitrogens with one attached hydrogen (secondary N) is 1. The third-order valence-corrected chi connectivity index (χ3v) is 5.44. The second-order valence-electron chi connectivity index (χ2n) is 7.46. The summed E-state index contributed by atoms with van der Waals surface area (Å²) in [4.78, 5) is 23.6. The summed E-state index contributed by atoms with van der Waals surface area (Å²) in [6.45, 7) is 2.34. The van der Waals surface area contributed by atoms with Crippen LogP contribution in [0.3, 0.4) is 0 Å². The minimum atomic E-state index is -0.816. The van der Waals surface area contributed by atoms with E-state index in [0.717, 1.165) is 11.1 Å². The van der Waals surface area contributed by atoms with Crippen LogP contribution in [0.2, 0.25) is 0 Å². The van der Waals surface area contributed by atoms with Crippen molar-refractivity contribution in [3.8, 4) is 11.5 Å². The first-order chi connectivity index (χ1) is 14.0. The molecule has 1 fully saturated rings. The molecule has 1 aliphatic rings. The highest BCUT2D eigenvalue weighted by atomic mass is 16.5. The van der Waals surface area contributed by atoms with E-state index in [4.69, 9.17) is 14.6 Å². The Hall–Kier alpha value is -3.02. The molecule has 1 unspecified atom stereocenters. The molecule has 0 aliphatic heterocycles. The minimum absolute atomic E-state index is 0.0929. The molecule has 2 aromatic carbocycles. The van der Waals surface area contributed by atoms with Crippen LogP contribution in [0, 0.1) is 11.8 Å². The standard InChI is InChI=1S/C23H27NO5/c1-15(24-22(25)18-8-9-19(12-18)23(26)27)17-10-11-20(21(13-17)28-2)29-14-16-6-4-3-5-7-16/h3-7,10-11,13,15,18-19H,8-9,12,14H2,1-2H3,(H,24,25)(H,26,27)/t15?,18-,19+/m1/s1. The van der Waals surface area contributed by atoms with Crippen molar-refractivity contribution in [1.29, 1.82) is 0 Å². The number of carbonyl (C=O) groups excluding carboxylic acids is 1. The Bertz CT molecular complexity index is 852. The van der Waals surface area contributed by atoms with Crippen LogP contribution in [0.5, 0.6) is 11.5 Å². The van der Waals surface area contributed by atoms with E-state index in [9.17, 15) is 9.59 Å². The molecule has 1 aliphatic carbocycles. The van der Waals surface area contributed by atoms with E-state index in [1.54, 1.807) is 7.11 Å². The van der Waals surface area contributed by atoms with Crippen LogP contribution < -0.4 is 14.8 Å². The summed E-state index contributed by atoms with van der Waals surface area (Å²) in [5.74, 6) is -0.324. The summed E-state index contributed by atoms with van der Waals surface area (Å²) >= 11 is 0. The number of hydrogen-bond acceptors (Lipinski definition) is 4. The summed E-state index contributed by atoms with van der Waals surface area (Å²) in [6.07, 6.45) is 1.58. The van der Waals surface area contributed by atoms with Gasteiger partial charge < -0.3 is 19.9 Å². The summed E-state index contributed by atoms with van der Waals surface area (Å²) in [5.41, 5.74) is 1.96. The highest BCUT2D eigenvalue weighted by Crippen LogP contribution is 2.33. The third-order valence-electron chi connectivity index (χ3n) is 5.44. The summed E-state index contributed by atoms with van der Waals surface area (Å²) in [7, 11) is 1.59. The molecule has 1 amide bonds. The average molecular weight is 397 g/mol. The molecule has 0 saturated heterocycles. The van der Waals surface area contributed by atoms with Gasteiger partial charge in [0.25, 0.3) is 0 Å². The van der Waals surface area contributed by atoms with Crippen LogP contribution in [0.15, 0.2) is 48.5 Å². The number of benzene rings is 2. The molecule has 0 heterocycles. The fourth-order valence-corrected chi connectivity index (χ4v) is 3.67. The van der Waals surface area contributed by atoms with E-state index >= 15 is 0 Å². The molecule has 6 heteroatoms. The monoisotopic (exact) mass is 397 g/mol. The van der Waals surface area contributed by atoms with Crippen LogP contribution in [-0.4, -0.2) is 24.1 Å². The Morgan fingerprint density at radius 3 is 2.48 bits per heavy atom. The third kappa shape index (κ3) is 5.28. The lowest BCUT2D eigenvalue weighted by Crippen LogP contribution is -2.32. The van der Waals surface area contributed by atoms with E-state index in [-0.39, 0.29) is 17.9 Å². The molecule has 3 rings (SSSR count). The van der Waals surface area contributed by atoms with Gasteiger partial charge in [0.05, 0.1) is 19.1 Å². The van der Waals surface area contributed by atoms with E-state index in [1.807, 2.05) is 55.5 Å². The predicted molar refractivity (Wildman–Crippen MR) is 109 cm³/mol. The minimum Gasteiger partial charge on any atom is -0.493 e. The first-order valence-electron chi connectivity index (χ1n) is 9.85. The number of aliphatic carboxylic acids is 1. The van der Waals surface area contributed by atoms with Crippen molar-refractivity contribution in [2.24, 2.45) is 11.8 Å². The summed E-state index contributed by atoms with van der Waals surface area (Å²) in [6, 6.07) is 15.3. The van der Waals surface area contributed by atoms with Crippen LogP contribution >= 0.6 is 0 Å². The largest absolute Gasteiger partial charge is 0.493 e. The zero-order chi connectivity index (χ0) is 20.8. The molecule has 0 radical (unpaired) electrons. The second kappa shape index (κ2) is 9.45. The van der Waals surface area contributed by atoms with Crippen molar-refractivity contribution in [3.63, 3.8) is 0 Å². The van der Waals surface area contributed by atoms with Gasteiger partial charge in [0.15, 0.2) is 11.5 Å². The maximum absolute atomic E-state index is 12.5. The number of methoxy groups -OCH3 is 1. The quantitative estimate of drug-likeness (QED) is 0.704. The lowest BCUT2D eigenvalue weighted by atomic mass is 10.0. The number of carbonyl (C=O) groups is 2. The van der Waals surface area contributed by atoms with Gasteiger partial charge in [-0.15, -0.1) is 0 Å². The molecule has 1 saturated carbocycles. The van der Waals surface area contributed by atoms with Gasteiger partial charge in [0.1, 0.15) is 6.61 Å². The van der Waals surface area contributed by atoms with E-state index in [2.05, 4.69) is 5.32 Å². The van der Waals surface area contributed by atoms with Gasteiger partial charge in [-0.05, 0) is 49.4 Å². The van der Waals surface area contributed by atoms with Crippen molar-refractivity contribution in [1.82, 2.24) is 5.32 Å². The second-order valence-corrected chi connectivity index (χ2v) is 7.46. The van der Waals surface area contributed by atoms with Crippen LogP contribution in [0.25, 0.3) is 0 Å². The highest BCUT2D eigenvalue weighted by Gasteiger charge is 2.34. The van der Waals surface area contributed by atoms with Gasteiger partial charge in [-0.25, -0.2) is 0 Å². The average Bonchev–Trinajstić information content (AvgIpc) is 3.23. The van der Waals surface area contributed by atoms with Gasteiger partial charge in [-0.2, -0.15) is 0 Å². The van der Waals surface area contributed by atoms with Gasteiger partial charge in [-0.3, -0.25) is 9.59 Å². The molecule has 0 bridgehead atoms. The van der Waals surface area contributed by atoms with Crippen LogP contribution in [-0.2, 0) is 16.2 Å².